The van der Waals surface area contributed by atoms with Crippen LogP contribution in [0.15, 0.2) is 0 Å². The van der Waals surface area contributed by atoms with Crippen molar-refractivity contribution in [3.63, 3.8) is 0 Å². The van der Waals surface area contributed by atoms with Gasteiger partial charge in [0.05, 0.1) is 102 Å². The molecule has 0 aliphatic carbocycles. The van der Waals surface area contributed by atoms with E-state index in [1.54, 1.807) is 0 Å². The molecule has 7 saturated heterocycles. The van der Waals surface area contributed by atoms with E-state index in [0.717, 1.165) is 27.7 Å². The third kappa shape index (κ3) is 21.9. The van der Waals surface area contributed by atoms with Crippen molar-refractivity contribution in [3.8, 4) is 0 Å². The first-order valence-electron chi connectivity index (χ1n) is 35.7. The highest BCUT2D eigenvalue weighted by atomic mass is 16.8. The van der Waals surface area contributed by atoms with Crippen molar-refractivity contribution in [2.45, 2.75) is 284 Å². The van der Waals surface area contributed by atoms with Crippen LogP contribution in [-0.4, -0.2) is 473 Å². The van der Waals surface area contributed by atoms with Crippen LogP contribution in [-0.2, 0) is 105 Å². The van der Waals surface area contributed by atoms with Crippen LogP contribution in [0.5, 0.6) is 0 Å². The van der Waals surface area contributed by atoms with Crippen molar-refractivity contribution in [3.05, 3.63) is 0 Å². The molecule has 7 aliphatic heterocycles. The third-order valence-electron chi connectivity index (χ3n) is 20.1. The Labute approximate surface area is 649 Å². The van der Waals surface area contributed by atoms with E-state index in [9.17, 15) is 166 Å². The quantitative estimate of drug-likeness (QED) is 0.0255. The molecule has 7 heterocycles. The van der Waals surface area contributed by atoms with Crippen LogP contribution in [0, 0.1) is 0 Å². The second kappa shape index (κ2) is 41.5. The number of ether oxygens (including phenoxy) is 14. The average Bonchev–Trinajstić information content (AvgIpc) is 0.552. The molecule has 115 heavy (non-hydrogen) atoms. The number of aliphatic hydroxyl groups is 22. The van der Waals surface area contributed by atoms with Gasteiger partial charge in [-0.15, -0.1) is 0 Å². The molecule has 0 unspecified atom stereocenters. The van der Waals surface area contributed by atoms with Gasteiger partial charge in [0.25, 0.3) is 17.4 Å². The van der Waals surface area contributed by atoms with Gasteiger partial charge in [-0.05, 0) is 0 Å². The number of hydrogen-bond donors (Lipinski definition) is 30. The van der Waals surface area contributed by atoms with Gasteiger partial charge in [-0.2, -0.15) is 0 Å². The van der Waals surface area contributed by atoms with Crippen LogP contribution in [0.4, 0.5) is 0 Å². The average molecular weight is 1680 g/mol. The Kier molecular flexibility index (Phi) is 34.8. The van der Waals surface area contributed by atoms with Crippen molar-refractivity contribution < 1.29 is 232 Å². The molecule has 0 aromatic carbocycles. The highest BCUT2D eigenvalue weighted by Crippen LogP contribution is 2.43. The minimum absolute atomic E-state index is 0.217. The standard InChI is InChI=1S/C63H103N5O47/c1-18(77)65-33-23(81)5-61(58(96)97,112-50(33)37(86)26(84)9-70)103-16-32-41(90)49(36(68-21(4)80)54(107-32)108-47-31(14-75)106-56(45(94)43(47)92)109-48-30(13-74)105-55(44(93)42(48)91)102-15-22(8-69)64-17-76)110-57-46(95)53(39(88)28(11-72)104-57)115-63(60(100)101)7-25(83)35(67-20(3)79)52(114-63)40(89)29(12-73)111-62(59(98)99)6-24(82)34(66-19(2)78)51(113-62)38(87)27(85)10-71/h17,22-57,69-75,81-95H,5-16H2,1-4H3,(H,64,76)(H,65,77)(H,66,78)(H,67,79)(H,68,80)(H,96,97)(H,98,99)(H,100,101)/t22-,23+,24+,25+,26-,27-,28-,29-,30-,31-,32-,33-,34-,35-,36-,37-,38-,39+,40-,41+,42-,43-,44-,45-,46-,47+,48-,49-,50-,51-,52-,53+,54+,55-,56+,57+,61-,62-,63+/m1/s1. The highest BCUT2D eigenvalue weighted by Gasteiger charge is 2.65. The van der Waals surface area contributed by atoms with Crippen molar-refractivity contribution in [2.75, 3.05) is 59.5 Å². The zero-order valence-corrected chi connectivity index (χ0v) is 61.5. The molecule has 52 nitrogen and oxygen atoms in total. The van der Waals surface area contributed by atoms with Crippen molar-refractivity contribution in [2.24, 2.45) is 0 Å². The number of hydrogen-bond acceptors (Lipinski definition) is 44. The second-order valence-electron chi connectivity index (χ2n) is 28.3. The highest BCUT2D eigenvalue weighted by molar-refractivity contribution is 5.78. The van der Waals surface area contributed by atoms with Crippen LogP contribution in [0.25, 0.3) is 0 Å². The molecule has 0 bridgehead atoms. The molecule has 0 radical (unpaired) electrons. The predicted molar refractivity (Wildman–Crippen MR) is 354 cm³/mol. The van der Waals surface area contributed by atoms with Gasteiger partial charge in [-0.1, -0.05) is 0 Å². The minimum Gasteiger partial charge on any atom is -0.477 e. The topological polar surface area (TPSA) is 832 Å². The summed E-state index contributed by atoms with van der Waals surface area (Å²) in [5.74, 6) is -21.2. The smallest absolute Gasteiger partial charge is 0.364 e. The zero-order chi connectivity index (χ0) is 86.0. The van der Waals surface area contributed by atoms with Crippen molar-refractivity contribution in [1.82, 2.24) is 26.6 Å². The fourth-order valence-corrected chi connectivity index (χ4v) is 14.2. The van der Waals surface area contributed by atoms with Crippen LogP contribution < -0.4 is 26.6 Å². The van der Waals surface area contributed by atoms with Crippen molar-refractivity contribution in [1.29, 1.82) is 0 Å². The molecule has 7 aliphatic rings. The molecule has 52 heteroatoms. The Morgan fingerprint density at radius 3 is 1.25 bits per heavy atom. The second-order valence-corrected chi connectivity index (χ2v) is 28.3. The van der Waals surface area contributed by atoms with Gasteiger partial charge in [0.1, 0.15) is 153 Å². The number of carbonyl (C=O) groups excluding carboxylic acids is 5. The Morgan fingerprint density at radius 1 is 0.426 bits per heavy atom. The number of amides is 5. The lowest BCUT2D eigenvalue weighted by molar-refractivity contribution is -0.392. The van der Waals surface area contributed by atoms with E-state index >= 15 is 0 Å². The molecule has 7 rings (SSSR count). The molecule has 7 fully saturated rings. The Bertz CT molecular complexity index is 3200. The number of aliphatic carboxylic acids is 3. The van der Waals surface area contributed by atoms with Crippen LogP contribution in [0.3, 0.4) is 0 Å². The molecule has 0 aromatic heterocycles. The summed E-state index contributed by atoms with van der Waals surface area (Å²) < 4.78 is 81.2. The summed E-state index contributed by atoms with van der Waals surface area (Å²) in [6.07, 6.45) is -76.0. The summed E-state index contributed by atoms with van der Waals surface area (Å²) in [6, 6.07) is -9.03. The molecular weight excluding hydrogens is 1580 g/mol. The Hall–Kier alpha value is -5.68. The summed E-state index contributed by atoms with van der Waals surface area (Å²) in [4.78, 5) is 102. The van der Waals surface area contributed by atoms with E-state index in [1.807, 2.05) is 0 Å². The van der Waals surface area contributed by atoms with Gasteiger partial charge in [0, 0.05) is 47.0 Å². The van der Waals surface area contributed by atoms with E-state index in [-0.39, 0.29) is 6.41 Å². The normalized spacial score (nSPS) is 41.7. The van der Waals surface area contributed by atoms with E-state index in [4.69, 9.17) is 66.3 Å². The third-order valence-corrected chi connectivity index (χ3v) is 20.1. The zero-order valence-electron chi connectivity index (χ0n) is 61.5. The summed E-state index contributed by atoms with van der Waals surface area (Å²) >= 11 is 0. The van der Waals surface area contributed by atoms with Crippen LogP contribution >= 0.6 is 0 Å². The van der Waals surface area contributed by atoms with E-state index < -0.39 is 358 Å². The van der Waals surface area contributed by atoms with Crippen molar-refractivity contribution >= 4 is 47.9 Å². The number of rotatable bonds is 38. The first kappa shape index (κ1) is 96.5. The number of carbonyl (C=O) groups is 8. The van der Waals surface area contributed by atoms with Crippen LogP contribution in [0.2, 0.25) is 0 Å². The lowest BCUT2D eigenvalue weighted by Crippen LogP contribution is -2.72. The SMILES string of the molecule is CC(=O)N[C@H]1[C@H](O[C@@H]2[C@H](O)[C@@H](O)[C@H](O[C@H]3[C@H](O)[C@@H](O)[C@H](OC[C@@H](CO)NC=O)O[C@@H]3CO)O[C@@H]2CO)O[C@H](CO[C@]2(C(=O)O)C[C@H](O)[C@@H](NC(C)=O)[C@H]([C@H](O)[C@H](O)CO)O2)[C@H](O)[C@@H]1O[C@@H]1O[C@H](CO)[C@H](O)[C@H](O[C@]2(C(=O)O)C[C@H](O)[C@@H](NC(C)=O)[C@H]([C@H](O)[C@@H](CO)O[C@]3(C(=O)O)C[C@H](O)[C@@H](NC(C)=O)[C@H]([C@H](O)[C@H](O)CO)O3)O2)[C@H]1O. The molecule has 5 amide bonds. The number of nitrogens with one attached hydrogen (secondary N) is 5. The fourth-order valence-electron chi connectivity index (χ4n) is 14.2. The van der Waals surface area contributed by atoms with E-state index in [2.05, 4.69) is 26.6 Å². The molecule has 662 valence electrons. The first-order valence-corrected chi connectivity index (χ1v) is 35.7. The molecular formula is C63H103N5O47. The van der Waals surface area contributed by atoms with Gasteiger partial charge in [-0.3, -0.25) is 24.0 Å². The molecule has 0 saturated carbocycles. The fraction of sp³-hybridized carbons (Fsp3) is 0.873. The summed E-state index contributed by atoms with van der Waals surface area (Å²) in [6.45, 7) is -7.02. The van der Waals surface area contributed by atoms with E-state index in [0.29, 0.717) is 0 Å². The number of carboxylic acid groups (broad SMARTS) is 3. The van der Waals surface area contributed by atoms with Gasteiger partial charge < -0.3 is 221 Å². The lowest BCUT2D eigenvalue weighted by Gasteiger charge is -2.52. The van der Waals surface area contributed by atoms with Gasteiger partial charge in [0.15, 0.2) is 25.2 Å². The molecule has 39 atom stereocenters. The molecule has 30 N–H and O–H groups in total. The summed E-state index contributed by atoms with van der Waals surface area (Å²) in [5, 5.41) is 289. The first-order chi connectivity index (χ1) is 54.0. The molecule has 0 spiro atoms. The maximum atomic E-state index is 13.9. The summed E-state index contributed by atoms with van der Waals surface area (Å²) in [7, 11) is 0. The number of carboxylic acids is 3. The largest absolute Gasteiger partial charge is 0.477 e. The van der Waals surface area contributed by atoms with Gasteiger partial charge in [-0.25, -0.2) is 14.4 Å². The number of aliphatic hydroxyl groups excluding tert-OH is 22. The maximum absolute atomic E-state index is 13.9. The van der Waals surface area contributed by atoms with Crippen LogP contribution in [0.1, 0.15) is 47.0 Å². The predicted octanol–water partition coefficient (Wildman–Crippen LogP) is -19.0. The Balaban J connectivity index is 1.26. The molecule has 0 aromatic rings. The lowest BCUT2D eigenvalue weighted by atomic mass is 9.87. The van der Waals surface area contributed by atoms with E-state index in [1.165, 1.54) is 0 Å². The Morgan fingerprint density at radius 2 is 0.809 bits per heavy atom. The van der Waals surface area contributed by atoms with Gasteiger partial charge in [0.2, 0.25) is 30.0 Å². The van der Waals surface area contributed by atoms with Gasteiger partial charge >= 0.3 is 17.9 Å². The summed E-state index contributed by atoms with van der Waals surface area (Å²) in [5.41, 5.74) is 0. The monoisotopic (exact) mass is 1680 g/mol. The maximum Gasteiger partial charge on any atom is 0.364 e. The minimum atomic E-state index is -3.66.